The van der Waals surface area contributed by atoms with Gasteiger partial charge in [0.2, 0.25) is 11.8 Å². The van der Waals surface area contributed by atoms with Crippen LogP contribution in [0, 0.1) is 11.3 Å². The van der Waals surface area contributed by atoms with Gasteiger partial charge in [0.25, 0.3) is 0 Å². The van der Waals surface area contributed by atoms with Crippen LogP contribution in [0.15, 0.2) is 0 Å². The van der Waals surface area contributed by atoms with Crippen molar-refractivity contribution in [3.8, 4) is 0 Å². The van der Waals surface area contributed by atoms with Crippen LogP contribution in [0.1, 0.15) is 58.8 Å². The van der Waals surface area contributed by atoms with E-state index in [4.69, 9.17) is 5.73 Å². The number of nitrogens with one attached hydrogen (secondary N) is 1. The number of amides is 2. The van der Waals surface area contributed by atoms with Crippen LogP contribution in [-0.4, -0.2) is 42.4 Å². The third kappa shape index (κ3) is 5.96. The topological polar surface area (TPSA) is 75.4 Å². The summed E-state index contributed by atoms with van der Waals surface area (Å²) in [4.78, 5) is 25.9. The average Bonchev–Trinajstić information content (AvgIpc) is 2.98. The van der Waals surface area contributed by atoms with Crippen LogP contribution in [-0.2, 0) is 9.59 Å². The van der Waals surface area contributed by atoms with E-state index in [2.05, 4.69) is 19.2 Å². The zero-order chi connectivity index (χ0) is 16.2. The standard InChI is InChI=1S/C17H31N3O2.ClH/c1-17(2)12-20(10-9-14(17)18)16(22)11-19-15(21)8-7-13-5-3-4-6-13;/h13-14H,3-12,18H2,1-2H3,(H,19,21);1H. The molecular formula is C17H32ClN3O2. The molecule has 1 aliphatic heterocycles. The molecule has 0 aromatic heterocycles. The summed E-state index contributed by atoms with van der Waals surface area (Å²) in [7, 11) is 0. The van der Waals surface area contributed by atoms with Crippen molar-refractivity contribution in [1.29, 1.82) is 0 Å². The van der Waals surface area contributed by atoms with E-state index in [1.165, 1.54) is 25.7 Å². The van der Waals surface area contributed by atoms with Gasteiger partial charge in [-0.1, -0.05) is 39.5 Å². The summed E-state index contributed by atoms with van der Waals surface area (Å²) in [5.41, 5.74) is 6.03. The van der Waals surface area contributed by atoms with E-state index in [0.29, 0.717) is 25.4 Å². The number of piperidine rings is 1. The Morgan fingerprint density at radius 3 is 2.48 bits per heavy atom. The largest absolute Gasteiger partial charge is 0.347 e. The molecule has 2 amide bonds. The Hall–Kier alpha value is -0.810. The highest BCUT2D eigenvalue weighted by Gasteiger charge is 2.35. The van der Waals surface area contributed by atoms with E-state index in [0.717, 1.165) is 12.8 Å². The summed E-state index contributed by atoms with van der Waals surface area (Å²) < 4.78 is 0. The average molecular weight is 346 g/mol. The first-order valence-corrected chi connectivity index (χ1v) is 8.68. The fourth-order valence-electron chi connectivity index (χ4n) is 3.60. The number of nitrogens with zero attached hydrogens (tertiary/aromatic N) is 1. The minimum absolute atomic E-state index is 0. The van der Waals surface area contributed by atoms with Gasteiger partial charge in [0, 0.05) is 25.6 Å². The van der Waals surface area contributed by atoms with E-state index < -0.39 is 0 Å². The summed E-state index contributed by atoms with van der Waals surface area (Å²) >= 11 is 0. The number of hydrogen-bond donors (Lipinski definition) is 2. The van der Waals surface area contributed by atoms with Crippen LogP contribution in [0.25, 0.3) is 0 Å². The highest BCUT2D eigenvalue weighted by Crippen LogP contribution is 2.29. The highest BCUT2D eigenvalue weighted by molar-refractivity contribution is 5.85. The molecule has 5 nitrogen and oxygen atoms in total. The summed E-state index contributed by atoms with van der Waals surface area (Å²) in [5.74, 6) is 0.730. The first kappa shape index (κ1) is 20.2. The second-order valence-electron chi connectivity index (χ2n) is 7.66. The van der Waals surface area contributed by atoms with E-state index in [9.17, 15) is 9.59 Å². The number of hydrogen-bond acceptors (Lipinski definition) is 3. The molecule has 3 N–H and O–H groups in total. The van der Waals surface area contributed by atoms with Crippen molar-refractivity contribution in [2.24, 2.45) is 17.1 Å². The summed E-state index contributed by atoms with van der Waals surface area (Å²) in [6.07, 6.45) is 7.47. The fraction of sp³-hybridized carbons (Fsp3) is 0.882. The second-order valence-corrected chi connectivity index (χ2v) is 7.66. The first-order chi connectivity index (χ1) is 10.4. The lowest BCUT2D eigenvalue weighted by Gasteiger charge is -2.42. The molecule has 1 unspecified atom stereocenters. The Bertz CT molecular complexity index is 409. The normalized spacial score (nSPS) is 24.1. The third-order valence-corrected chi connectivity index (χ3v) is 5.36. The van der Waals surface area contributed by atoms with Gasteiger partial charge in [-0.3, -0.25) is 9.59 Å². The summed E-state index contributed by atoms with van der Waals surface area (Å²) in [6, 6.07) is 0.137. The minimum Gasteiger partial charge on any atom is -0.347 e. The molecule has 134 valence electrons. The number of halogens is 1. The van der Waals surface area contributed by atoms with Gasteiger partial charge >= 0.3 is 0 Å². The fourth-order valence-corrected chi connectivity index (χ4v) is 3.60. The van der Waals surface area contributed by atoms with E-state index in [-0.39, 0.29) is 42.2 Å². The summed E-state index contributed by atoms with van der Waals surface area (Å²) in [5, 5.41) is 2.78. The van der Waals surface area contributed by atoms with Crippen LogP contribution in [0.5, 0.6) is 0 Å². The van der Waals surface area contributed by atoms with E-state index in [1.807, 2.05) is 4.90 Å². The van der Waals surface area contributed by atoms with Crippen molar-refractivity contribution in [3.63, 3.8) is 0 Å². The van der Waals surface area contributed by atoms with Gasteiger partial charge < -0.3 is 16.0 Å². The Morgan fingerprint density at radius 1 is 1.22 bits per heavy atom. The Balaban J connectivity index is 0.00000264. The minimum atomic E-state index is -0.0552. The van der Waals surface area contributed by atoms with Crippen LogP contribution >= 0.6 is 12.4 Å². The molecule has 1 saturated heterocycles. The number of likely N-dealkylation sites (tertiary alicyclic amines) is 1. The lowest BCUT2D eigenvalue weighted by molar-refractivity contribution is -0.135. The Labute approximate surface area is 146 Å². The maximum absolute atomic E-state index is 12.2. The van der Waals surface area contributed by atoms with Gasteiger partial charge in [-0.15, -0.1) is 12.4 Å². The molecule has 1 heterocycles. The molecule has 1 saturated carbocycles. The van der Waals surface area contributed by atoms with Crippen molar-refractivity contribution in [2.75, 3.05) is 19.6 Å². The number of carbonyl (C=O) groups excluding carboxylic acids is 2. The smallest absolute Gasteiger partial charge is 0.241 e. The lowest BCUT2D eigenvalue weighted by Crippen LogP contribution is -2.55. The highest BCUT2D eigenvalue weighted by atomic mass is 35.5. The molecule has 23 heavy (non-hydrogen) atoms. The van der Waals surface area contributed by atoms with Gasteiger partial charge in [0.05, 0.1) is 6.54 Å². The molecule has 1 atom stereocenters. The molecule has 0 spiro atoms. The zero-order valence-corrected chi connectivity index (χ0v) is 15.3. The third-order valence-electron chi connectivity index (χ3n) is 5.36. The Morgan fingerprint density at radius 2 is 1.87 bits per heavy atom. The summed E-state index contributed by atoms with van der Waals surface area (Å²) in [6.45, 7) is 5.68. The number of rotatable bonds is 5. The van der Waals surface area contributed by atoms with Crippen molar-refractivity contribution >= 4 is 24.2 Å². The molecule has 6 heteroatoms. The number of nitrogens with two attached hydrogens (primary N) is 1. The van der Waals surface area contributed by atoms with Gasteiger partial charge in [-0.2, -0.15) is 0 Å². The molecule has 2 aliphatic rings. The van der Waals surface area contributed by atoms with Crippen LogP contribution in [0.2, 0.25) is 0 Å². The predicted octanol–water partition coefficient (Wildman–Crippen LogP) is 2.08. The van der Waals surface area contributed by atoms with E-state index >= 15 is 0 Å². The van der Waals surface area contributed by atoms with Crippen molar-refractivity contribution in [1.82, 2.24) is 10.2 Å². The van der Waals surface area contributed by atoms with Gasteiger partial charge in [-0.25, -0.2) is 0 Å². The van der Waals surface area contributed by atoms with Gasteiger partial charge in [-0.05, 0) is 24.2 Å². The maximum atomic E-state index is 12.2. The quantitative estimate of drug-likeness (QED) is 0.801. The molecule has 0 bridgehead atoms. The molecule has 0 aromatic rings. The monoisotopic (exact) mass is 345 g/mol. The van der Waals surface area contributed by atoms with Crippen LogP contribution in [0.3, 0.4) is 0 Å². The van der Waals surface area contributed by atoms with Crippen molar-refractivity contribution in [3.05, 3.63) is 0 Å². The lowest BCUT2D eigenvalue weighted by atomic mass is 9.79. The molecule has 0 radical (unpaired) electrons. The zero-order valence-electron chi connectivity index (χ0n) is 14.5. The molecule has 1 aliphatic carbocycles. The number of carbonyl (C=O) groups is 2. The molecule has 0 aromatic carbocycles. The molecular weight excluding hydrogens is 314 g/mol. The van der Waals surface area contributed by atoms with Crippen molar-refractivity contribution < 1.29 is 9.59 Å². The maximum Gasteiger partial charge on any atom is 0.241 e. The van der Waals surface area contributed by atoms with E-state index in [1.54, 1.807) is 0 Å². The molecule has 2 fully saturated rings. The first-order valence-electron chi connectivity index (χ1n) is 8.68. The van der Waals surface area contributed by atoms with Crippen LogP contribution in [0.4, 0.5) is 0 Å². The van der Waals surface area contributed by atoms with Gasteiger partial charge in [0.1, 0.15) is 0 Å². The Kier molecular flexibility index (Phi) is 7.81. The van der Waals surface area contributed by atoms with Crippen LogP contribution < -0.4 is 11.1 Å². The van der Waals surface area contributed by atoms with Crippen molar-refractivity contribution in [2.45, 2.75) is 64.8 Å². The SMILES string of the molecule is CC1(C)CN(C(=O)CNC(=O)CCC2CCCC2)CCC1N.Cl. The predicted molar refractivity (Wildman–Crippen MR) is 94.4 cm³/mol. The molecule has 2 rings (SSSR count). The van der Waals surface area contributed by atoms with Gasteiger partial charge in [0.15, 0.2) is 0 Å². The second kappa shape index (κ2) is 8.88.